The van der Waals surface area contributed by atoms with Crippen LogP contribution in [-0.4, -0.2) is 19.9 Å². The molecule has 0 N–H and O–H groups in total. The largest absolute Gasteiger partial charge is 0.421 e. The number of benzene rings is 1. The Morgan fingerprint density at radius 3 is 2.54 bits per heavy atom. The van der Waals surface area contributed by atoms with Gasteiger partial charge in [0.1, 0.15) is 12.1 Å². The van der Waals surface area contributed by atoms with Crippen molar-refractivity contribution in [1.29, 1.82) is 0 Å². The first-order valence-corrected chi connectivity index (χ1v) is 7.90. The molecule has 0 aliphatic carbocycles. The van der Waals surface area contributed by atoms with Gasteiger partial charge in [0.2, 0.25) is 5.89 Å². The summed E-state index contributed by atoms with van der Waals surface area (Å²) >= 11 is 5.82. The Bertz CT molecular complexity index is 951. The summed E-state index contributed by atoms with van der Waals surface area (Å²) in [5.41, 5.74) is -1.53. The summed E-state index contributed by atoms with van der Waals surface area (Å²) in [6.07, 6.45) is -2.74. The topological polar surface area (TPSA) is 73.8 Å². The third-order valence-corrected chi connectivity index (χ3v) is 3.82. The number of hydrogen-bond acceptors (Lipinski definition) is 5. The summed E-state index contributed by atoms with van der Waals surface area (Å²) in [5, 5.41) is 8.02. The summed E-state index contributed by atoms with van der Waals surface area (Å²) in [4.78, 5) is 15.9. The third kappa shape index (κ3) is 4.29. The van der Waals surface area contributed by atoms with Crippen LogP contribution in [0.3, 0.4) is 0 Å². The number of aromatic nitrogens is 4. The Kier molecular flexibility index (Phi) is 5.08. The Labute approximate surface area is 150 Å². The van der Waals surface area contributed by atoms with Crippen LogP contribution in [0.5, 0.6) is 0 Å². The van der Waals surface area contributed by atoms with Crippen LogP contribution in [0.15, 0.2) is 45.8 Å². The van der Waals surface area contributed by atoms with E-state index in [1.807, 2.05) is 12.1 Å². The van der Waals surface area contributed by atoms with Gasteiger partial charge in [0.15, 0.2) is 5.82 Å². The summed E-state index contributed by atoms with van der Waals surface area (Å²) in [6.45, 7) is -0.337. The van der Waals surface area contributed by atoms with Crippen molar-refractivity contribution in [1.82, 2.24) is 19.9 Å². The maximum Gasteiger partial charge on any atom is 0.421 e. The molecule has 3 rings (SSSR count). The molecule has 0 unspecified atom stereocenters. The van der Waals surface area contributed by atoms with Gasteiger partial charge in [-0.15, -0.1) is 0 Å². The Balaban J connectivity index is 1.69. The summed E-state index contributed by atoms with van der Waals surface area (Å²) in [7, 11) is 0. The molecule has 3 aromatic rings. The lowest BCUT2D eigenvalue weighted by Gasteiger charge is -2.07. The number of nitrogens with zero attached hydrogens (tertiary/aromatic N) is 4. The first-order valence-electron chi connectivity index (χ1n) is 7.52. The molecule has 6 nitrogen and oxygen atoms in total. The lowest BCUT2D eigenvalue weighted by atomic mass is 10.1. The lowest BCUT2D eigenvalue weighted by Crippen LogP contribution is -2.30. The molecule has 10 heteroatoms. The molecular formula is C16H12ClF3N4O2. The van der Waals surface area contributed by atoms with Crippen LogP contribution in [0.2, 0.25) is 5.02 Å². The van der Waals surface area contributed by atoms with E-state index in [1.54, 1.807) is 12.1 Å². The minimum atomic E-state index is -4.75. The van der Waals surface area contributed by atoms with Crippen molar-refractivity contribution < 1.29 is 17.7 Å². The van der Waals surface area contributed by atoms with Crippen LogP contribution >= 0.6 is 11.6 Å². The molecule has 2 heterocycles. The zero-order chi connectivity index (χ0) is 18.7. The second kappa shape index (κ2) is 7.28. The molecule has 1 aromatic carbocycles. The first kappa shape index (κ1) is 18.1. The highest BCUT2D eigenvalue weighted by Gasteiger charge is 2.34. The van der Waals surface area contributed by atoms with Gasteiger partial charge in [-0.3, -0.25) is 4.79 Å². The summed E-state index contributed by atoms with van der Waals surface area (Å²) in [5.74, 6) is 0.389. The number of alkyl halides is 3. The van der Waals surface area contributed by atoms with Gasteiger partial charge in [-0.2, -0.15) is 23.3 Å². The maximum absolute atomic E-state index is 12.8. The van der Waals surface area contributed by atoms with Crippen molar-refractivity contribution in [2.24, 2.45) is 0 Å². The fraction of sp³-hybridized carbons (Fsp3) is 0.250. The van der Waals surface area contributed by atoms with Crippen molar-refractivity contribution in [3.63, 3.8) is 0 Å². The maximum atomic E-state index is 12.8. The van der Waals surface area contributed by atoms with Gasteiger partial charge in [0.25, 0.3) is 5.56 Å². The molecule has 0 fully saturated rings. The standard InChI is InChI=1S/C16H12ClF3N4O2/c17-11-4-1-10(2-5-11)3-6-13-22-14(26-23-13)9-24-15(25)12(7-8-21-24)16(18,19)20/h1-2,4-5,7-8H,3,6,9H2. The van der Waals surface area contributed by atoms with E-state index >= 15 is 0 Å². The molecule has 0 amide bonds. The first-order chi connectivity index (χ1) is 12.3. The molecule has 0 atom stereocenters. The lowest BCUT2D eigenvalue weighted by molar-refractivity contribution is -0.139. The fourth-order valence-corrected chi connectivity index (χ4v) is 2.40. The molecule has 2 aromatic heterocycles. The van der Waals surface area contributed by atoms with Gasteiger partial charge in [-0.05, 0) is 30.2 Å². The van der Waals surface area contributed by atoms with E-state index in [-0.39, 0.29) is 12.4 Å². The van der Waals surface area contributed by atoms with E-state index in [1.165, 1.54) is 0 Å². The third-order valence-electron chi connectivity index (χ3n) is 3.56. The van der Waals surface area contributed by atoms with E-state index < -0.39 is 17.3 Å². The zero-order valence-corrected chi connectivity index (χ0v) is 14.0. The summed E-state index contributed by atoms with van der Waals surface area (Å²) < 4.78 is 43.9. The molecule has 26 heavy (non-hydrogen) atoms. The number of rotatable bonds is 5. The predicted octanol–water partition coefficient (Wildman–Crippen LogP) is 3.13. The van der Waals surface area contributed by atoms with Gasteiger partial charge < -0.3 is 4.52 Å². The van der Waals surface area contributed by atoms with E-state index in [0.717, 1.165) is 11.8 Å². The highest BCUT2D eigenvalue weighted by Crippen LogP contribution is 2.25. The highest BCUT2D eigenvalue weighted by atomic mass is 35.5. The molecule has 0 radical (unpaired) electrons. The normalized spacial score (nSPS) is 11.7. The molecular weight excluding hydrogens is 373 g/mol. The molecule has 0 saturated carbocycles. The van der Waals surface area contributed by atoms with Crippen molar-refractivity contribution in [2.45, 2.75) is 25.6 Å². The Hall–Kier alpha value is -2.68. The van der Waals surface area contributed by atoms with Gasteiger partial charge in [-0.1, -0.05) is 28.9 Å². The van der Waals surface area contributed by atoms with E-state index in [4.69, 9.17) is 16.1 Å². The molecule has 0 aliphatic heterocycles. The van der Waals surface area contributed by atoms with Crippen molar-refractivity contribution in [3.05, 3.63) is 74.7 Å². The van der Waals surface area contributed by atoms with Crippen LogP contribution in [-0.2, 0) is 25.6 Å². The smallest absolute Gasteiger partial charge is 0.337 e. The Morgan fingerprint density at radius 2 is 1.85 bits per heavy atom. The molecule has 136 valence electrons. The molecule has 0 saturated heterocycles. The second-order valence-corrected chi connectivity index (χ2v) is 5.87. The van der Waals surface area contributed by atoms with E-state index in [0.29, 0.717) is 34.4 Å². The molecule has 0 spiro atoms. The van der Waals surface area contributed by atoms with Crippen molar-refractivity contribution in [3.8, 4) is 0 Å². The summed E-state index contributed by atoms with van der Waals surface area (Å²) in [6, 6.07) is 7.91. The van der Waals surface area contributed by atoms with Crippen LogP contribution in [0, 0.1) is 0 Å². The van der Waals surface area contributed by atoms with Crippen molar-refractivity contribution >= 4 is 11.6 Å². The van der Waals surface area contributed by atoms with Crippen LogP contribution in [0.4, 0.5) is 13.2 Å². The van der Waals surface area contributed by atoms with Gasteiger partial charge in [0.05, 0.1) is 0 Å². The average molecular weight is 385 g/mol. The Morgan fingerprint density at radius 1 is 1.12 bits per heavy atom. The number of aryl methyl sites for hydroxylation is 2. The van der Waals surface area contributed by atoms with Crippen LogP contribution in [0.1, 0.15) is 22.8 Å². The molecule has 0 bridgehead atoms. The van der Waals surface area contributed by atoms with E-state index in [2.05, 4.69) is 15.2 Å². The highest BCUT2D eigenvalue weighted by molar-refractivity contribution is 6.30. The van der Waals surface area contributed by atoms with E-state index in [9.17, 15) is 18.0 Å². The van der Waals surface area contributed by atoms with Crippen LogP contribution < -0.4 is 5.56 Å². The minimum Gasteiger partial charge on any atom is -0.337 e. The predicted molar refractivity (Wildman–Crippen MR) is 85.8 cm³/mol. The number of hydrogen-bond donors (Lipinski definition) is 0. The number of halogens is 4. The zero-order valence-electron chi connectivity index (χ0n) is 13.2. The molecule has 0 aliphatic rings. The quantitative estimate of drug-likeness (QED) is 0.675. The monoisotopic (exact) mass is 384 g/mol. The second-order valence-electron chi connectivity index (χ2n) is 5.44. The van der Waals surface area contributed by atoms with Gasteiger partial charge in [0, 0.05) is 17.6 Å². The SMILES string of the molecule is O=c1c(C(F)(F)F)ccnn1Cc1nc(CCc2ccc(Cl)cc2)no1. The van der Waals surface area contributed by atoms with Crippen LogP contribution in [0.25, 0.3) is 0 Å². The van der Waals surface area contributed by atoms with Gasteiger partial charge >= 0.3 is 6.18 Å². The van der Waals surface area contributed by atoms with Crippen molar-refractivity contribution in [2.75, 3.05) is 0 Å². The minimum absolute atomic E-state index is 0.00466. The fourth-order valence-electron chi connectivity index (χ4n) is 2.27. The van der Waals surface area contributed by atoms with Gasteiger partial charge in [-0.25, -0.2) is 4.68 Å². The average Bonchev–Trinajstić information content (AvgIpc) is 3.03.